The Bertz CT molecular complexity index is 138. The Morgan fingerprint density at radius 1 is 1.15 bits per heavy atom. The van der Waals surface area contributed by atoms with E-state index in [9.17, 15) is 0 Å². The van der Waals surface area contributed by atoms with Crippen LogP contribution in [-0.2, 0) is 9.46 Å². The summed E-state index contributed by atoms with van der Waals surface area (Å²) in [5.41, 5.74) is 0. The van der Waals surface area contributed by atoms with Crippen LogP contribution in [0.25, 0.3) is 0 Å². The van der Waals surface area contributed by atoms with Gasteiger partial charge >= 0.3 is 0 Å². The second-order valence-electron chi connectivity index (χ2n) is 5.02. The Balaban J connectivity index is 3.77. The molecule has 0 N–H and O–H groups in total. The first-order valence-electron chi connectivity index (χ1n) is 5.12. The van der Waals surface area contributed by atoms with Gasteiger partial charge in [0.25, 0.3) is 0 Å². The minimum Gasteiger partial charge on any atom is -0.286 e. The fourth-order valence-corrected chi connectivity index (χ4v) is 1.15. The van der Waals surface area contributed by atoms with E-state index in [-0.39, 0.29) is 5.04 Å². The van der Waals surface area contributed by atoms with Gasteiger partial charge in [0, 0.05) is 0 Å². The average molecular weight is 204 g/mol. The summed E-state index contributed by atoms with van der Waals surface area (Å²) in [5.74, 6) is 0. The van der Waals surface area contributed by atoms with E-state index < -0.39 is 8.32 Å². The summed E-state index contributed by atoms with van der Waals surface area (Å²) < 4.78 is 5.53. The van der Waals surface area contributed by atoms with Crippen LogP contribution in [0.5, 0.6) is 0 Å². The monoisotopic (exact) mass is 204 g/mol. The molecule has 0 fully saturated rings. The van der Waals surface area contributed by atoms with Gasteiger partial charge in [0.05, 0.1) is 6.61 Å². The van der Waals surface area contributed by atoms with Crippen molar-refractivity contribution in [3.8, 4) is 0 Å². The van der Waals surface area contributed by atoms with E-state index in [0.29, 0.717) is 0 Å². The van der Waals surface area contributed by atoms with Gasteiger partial charge in [-0.1, -0.05) is 34.1 Å². The molecule has 0 spiro atoms. The van der Waals surface area contributed by atoms with Gasteiger partial charge in [0.2, 0.25) is 8.32 Å². The highest BCUT2D eigenvalue weighted by atomic mass is 28.4. The number of rotatable bonds is 5. The van der Waals surface area contributed by atoms with Crippen LogP contribution < -0.4 is 0 Å². The first kappa shape index (κ1) is 13.1. The minimum atomic E-state index is -1.68. The fraction of sp³-hybridized carbons (Fsp3) is 1.00. The Morgan fingerprint density at radius 2 is 1.69 bits per heavy atom. The molecule has 0 aliphatic carbocycles. The molecule has 3 heteroatoms. The lowest BCUT2D eigenvalue weighted by molar-refractivity contribution is -0.221. The van der Waals surface area contributed by atoms with E-state index in [1.54, 1.807) is 0 Å². The van der Waals surface area contributed by atoms with Crippen LogP contribution >= 0.6 is 0 Å². The standard InChI is InChI=1S/C10H24O2Si/c1-7-8-9-11-12-13(5,6)10(2,3)4/h7-9H2,1-6H3. The highest BCUT2D eigenvalue weighted by molar-refractivity contribution is 6.73. The second-order valence-corrected chi connectivity index (χ2v) is 9.71. The van der Waals surface area contributed by atoms with Crippen molar-refractivity contribution in [3.63, 3.8) is 0 Å². The quantitative estimate of drug-likeness (QED) is 0.294. The van der Waals surface area contributed by atoms with Crippen LogP contribution in [0.3, 0.4) is 0 Å². The van der Waals surface area contributed by atoms with Gasteiger partial charge in [0.15, 0.2) is 0 Å². The van der Waals surface area contributed by atoms with Gasteiger partial charge < -0.3 is 0 Å². The molecule has 0 aliphatic heterocycles. The van der Waals surface area contributed by atoms with Crippen molar-refractivity contribution in [1.82, 2.24) is 0 Å². The molecule has 0 aromatic rings. The third-order valence-electron chi connectivity index (χ3n) is 2.65. The minimum absolute atomic E-state index is 0.235. The normalized spacial score (nSPS) is 13.4. The molecule has 0 radical (unpaired) electrons. The van der Waals surface area contributed by atoms with Crippen LogP contribution in [0.15, 0.2) is 0 Å². The second kappa shape index (κ2) is 5.13. The maximum absolute atomic E-state index is 5.53. The smallest absolute Gasteiger partial charge is 0.238 e. The molecule has 80 valence electrons. The van der Waals surface area contributed by atoms with Crippen molar-refractivity contribution in [1.29, 1.82) is 0 Å². The summed E-state index contributed by atoms with van der Waals surface area (Å²) in [5, 5.41) is 0.235. The van der Waals surface area contributed by atoms with E-state index in [1.807, 2.05) is 0 Å². The lowest BCUT2D eigenvalue weighted by Gasteiger charge is -2.34. The molecule has 0 aliphatic rings. The molecule has 0 saturated carbocycles. The SMILES string of the molecule is CCCCOO[Si](C)(C)C(C)(C)C. The molecule has 0 rings (SSSR count). The molecule has 0 atom stereocenters. The first-order chi connectivity index (χ1) is 5.81. The predicted octanol–water partition coefficient (Wildman–Crippen LogP) is 3.74. The zero-order chi connectivity index (χ0) is 10.5. The molecular formula is C10H24O2Si. The van der Waals surface area contributed by atoms with Gasteiger partial charge in [-0.3, -0.25) is 4.58 Å². The number of hydrogen-bond acceptors (Lipinski definition) is 2. The molecule has 0 heterocycles. The number of hydrogen-bond donors (Lipinski definition) is 0. The Labute approximate surface area is 83.7 Å². The summed E-state index contributed by atoms with van der Waals surface area (Å²) in [4.78, 5) is 5.23. The van der Waals surface area contributed by atoms with Crippen LogP contribution in [0.2, 0.25) is 18.1 Å². The summed E-state index contributed by atoms with van der Waals surface area (Å²) in [6.45, 7) is 13.9. The van der Waals surface area contributed by atoms with E-state index in [1.165, 1.54) is 0 Å². The van der Waals surface area contributed by atoms with Crippen molar-refractivity contribution in [2.24, 2.45) is 0 Å². The van der Waals surface area contributed by atoms with Crippen LogP contribution in [0.4, 0.5) is 0 Å². The van der Waals surface area contributed by atoms with E-state index >= 15 is 0 Å². The van der Waals surface area contributed by atoms with Crippen molar-refractivity contribution >= 4 is 8.32 Å². The molecule has 0 aromatic carbocycles. The Hall–Kier alpha value is 0.137. The lowest BCUT2D eigenvalue weighted by Crippen LogP contribution is -2.40. The van der Waals surface area contributed by atoms with E-state index in [4.69, 9.17) is 9.46 Å². The topological polar surface area (TPSA) is 18.5 Å². The predicted molar refractivity (Wildman–Crippen MR) is 59.1 cm³/mol. The van der Waals surface area contributed by atoms with Crippen molar-refractivity contribution in [2.45, 2.75) is 58.7 Å². The summed E-state index contributed by atoms with van der Waals surface area (Å²) >= 11 is 0. The van der Waals surface area contributed by atoms with Crippen molar-refractivity contribution in [3.05, 3.63) is 0 Å². The van der Waals surface area contributed by atoms with E-state index in [2.05, 4.69) is 40.8 Å². The third kappa shape index (κ3) is 4.79. The third-order valence-corrected chi connectivity index (χ3v) is 6.80. The Kier molecular flexibility index (Phi) is 5.18. The molecule has 0 bridgehead atoms. The molecule has 0 aromatic heterocycles. The first-order valence-corrected chi connectivity index (χ1v) is 8.02. The average Bonchev–Trinajstić information content (AvgIpc) is 1.96. The molecule has 0 amide bonds. The van der Waals surface area contributed by atoms with Crippen molar-refractivity contribution in [2.75, 3.05) is 6.61 Å². The van der Waals surface area contributed by atoms with Crippen molar-refractivity contribution < 1.29 is 9.46 Å². The lowest BCUT2D eigenvalue weighted by atomic mass is 10.2. The maximum Gasteiger partial charge on any atom is 0.238 e. The molecule has 2 nitrogen and oxygen atoms in total. The van der Waals surface area contributed by atoms with Gasteiger partial charge in [0.1, 0.15) is 0 Å². The molecular weight excluding hydrogens is 180 g/mol. The maximum atomic E-state index is 5.53. The Morgan fingerprint density at radius 3 is 2.08 bits per heavy atom. The van der Waals surface area contributed by atoms with Gasteiger partial charge in [-0.05, 0) is 24.6 Å². The number of unbranched alkanes of at least 4 members (excludes halogenated alkanes) is 1. The zero-order valence-electron chi connectivity index (χ0n) is 9.94. The van der Waals surface area contributed by atoms with E-state index in [0.717, 1.165) is 19.4 Å². The summed E-state index contributed by atoms with van der Waals surface area (Å²) in [6, 6.07) is 0. The molecule has 13 heavy (non-hydrogen) atoms. The van der Waals surface area contributed by atoms with Gasteiger partial charge in [-0.15, -0.1) is 0 Å². The highest BCUT2D eigenvalue weighted by Crippen LogP contribution is 2.36. The van der Waals surface area contributed by atoms with Gasteiger partial charge in [-0.2, -0.15) is 0 Å². The molecule has 0 unspecified atom stereocenters. The van der Waals surface area contributed by atoms with Crippen LogP contribution in [0.1, 0.15) is 40.5 Å². The highest BCUT2D eigenvalue weighted by Gasteiger charge is 2.38. The summed E-state index contributed by atoms with van der Waals surface area (Å²) in [7, 11) is -1.68. The largest absolute Gasteiger partial charge is 0.286 e. The molecule has 0 saturated heterocycles. The zero-order valence-corrected chi connectivity index (χ0v) is 10.9. The van der Waals surface area contributed by atoms with Crippen LogP contribution in [-0.4, -0.2) is 14.9 Å². The van der Waals surface area contributed by atoms with Gasteiger partial charge in [-0.25, -0.2) is 4.89 Å². The van der Waals surface area contributed by atoms with Crippen LogP contribution in [0, 0.1) is 0 Å². The summed E-state index contributed by atoms with van der Waals surface area (Å²) in [6.07, 6.45) is 2.23. The fourth-order valence-electron chi connectivity index (χ4n) is 0.517.